The third-order valence-corrected chi connectivity index (χ3v) is 2.61. The predicted octanol–water partition coefficient (Wildman–Crippen LogP) is 3.93. The van der Waals surface area contributed by atoms with Gasteiger partial charge in [0.2, 0.25) is 0 Å². The molecule has 4 heteroatoms. The molecule has 0 spiro atoms. The largest absolute Gasteiger partial charge is 0.236 e. The van der Waals surface area contributed by atoms with E-state index >= 15 is 0 Å². The second-order valence-corrected chi connectivity index (χ2v) is 3.95. The molecule has 78 valence electrons. The van der Waals surface area contributed by atoms with Crippen molar-refractivity contribution >= 4 is 23.2 Å². The molecule has 1 aromatic heterocycles. The fourth-order valence-electron chi connectivity index (χ4n) is 1.35. The molecule has 0 saturated heterocycles. The van der Waals surface area contributed by atoms with Gasteiger partial charge in [-0.05, 0) is 30.3 Å². The monoisotopic (exact) mass is 248 g/mol. The number of hydrogen-bond donors (Lipinski definition) is 0. The van der Waals surface area contributed by atoms with Gasteiger partial charge in [0.1, 0.15) is 5.15 Å². The van der Waals surface area contributed by atoms with Crippen molar-refractivity contribution in [1.82, 2.24) is 4.98 Å². The van der Waals surface area contributed by atoms with Crippen LogP contribution in [0.2, 0.25) is 10.2 Å². The van der Waals surface area contributed by atoms with Crippen molar-refractivity contribution in [3.63, 3.8) is 0 Å². The van der Waals surface area contributed by atoms with Crippen LogP contribution in [-0.4, -0.2) is 4.98 Å². The van der Waals surface area contributed by atoms with E-state index in [0.29, 0.717) is 21.4 Å². The number of aromatic nitrogens is 1. The summed E-state index contributed by atoms with van der Waals surface area (Å²) >= 11 is 11.9. The summed E-state index contributed by atoms with van der Waals surface area (Å²) < 4.78 is 0. The average molecular weight is 249 g/mol. The van der Waals surface area contributed by atoms with Crippen molar-refractivity contribution in [2.24, 2.45) is 0 Å². The van der Waals surface area contributed by atoms with Crippen molar-refractivity contribution in [2.75, 3.05) is 0 Å². The summed E-state index contributed by atoms with van der Waals surface area (Å²) in [5, 5.41) is 9.63. The standard InChI is InChI=1S/C12H6Cl2N2/c13-10-6-8(7-15)4-5-9(10)11-2-1-3-12(14)16-11/h1-6H. The van der Waals surface area contributed by atoms with Crippen LogP contribution in [0.3, 0.4) is 0 Å². The van der Waals surface area contributed by atoms with E-state index in [4.69, 9.17) is 28.5 Å². The minimum absolute atomic E-state index is 0.415. The molecule has 0 aliphatic heterocycles. The van der Waals surface area contributed by atoms with Gasteiger partial charge in [0.05, 0.1) is 22.3 Å². The van der Waals surface area contributed by atoms with E-state index in [2.05, 4.69) is 4.98 Å². The highest BCUT2D eigenvalue weighted by Gasteiger charge is 2.06. The number of halogens is 2. The van der Waals surface area contributed by atoms with Crippen LogP contribution >= 0.6 is 23.2 Å². The van der Waals surface area contributed by atoms with Crippen molar-refractivity contribution in [3.05, 3.63) is 52.1 Å². The lowest BCUT2D eigenvalue weighted by atomic mass is 10.1. The fourth-order valence-corrected chi connectivity index (χ4v) is 1.79. The first-order valence-corrected chi connectivity index (χ1v) is 5.29. The van der Waals surface area contributed by atoms with E-state index in [1.54, 1.807) is 30.3 Å². The fraction of sp³-hybridized carbons (Fsp3) is 0. The molecule has 0 radical (unpaired) electrons. The van der Waals surface area contributed by atoms with Crippen molar-refractivity contribution in [3.8, 4) is 17.3 Å². The zero-order valence-electron chi connectivity index (χ0n) is 8.11. The maximum absolute atomic E-state index is 8.72. The Bertz CT molecular complexity index is 573. The Morgan fingerprint density at radius 1 is 1.12 bits per heavy atom. The van der Waals surface area contributed by atoms with Gasteiger partial charge in [-0.15, -0.1) is 0 Å². The van der Waals surface area contributed by atoms with Gasteiger partial charge >= 0.3 is 0 Å². The summed E-state index contributed by atoms with van der Waals surface area (Å²) in [5.74, 6) is 0. The summed E-state index contributed by atoms with van der Waals surface area (Å²) in [5.41, 5.74) is 1.99. The molecule has 1 heterocycles. The molecule has 0 amide bonds. The molecule has 0 unspecified atom stereocenters. The Morgan fingerprint density at radius 2 is 1.94 bits per heavy atom. The molecular weight excluding hydrogens is 243 g/mol. The second kappa shape index (κ2) is 4.52. The van der Waals surface area contributed by atoms with Gasteiger partial charge in [-0.3, -0.25) is 0 Å². The van der Waals surface area contributed by atoms with E-state index in [1.165, 1.54) is 0 Å². The zero-order valence-corrected chi connectivity index (χ0v) is 9.63. The maximum atomic E-state index is 8.72. The normalized spacial score (nSPS) is 9.81. The lowest BCUT2D eigenvalue weighted by Gasteiger charge is -2.03. The van der Waals surface area contributed by atoms with Gasteiger partial charge in [-0.25, -0.2) is 4.98 Å². The first-order valence-electron chi connectivity index (χ1n) is 4.53. The van der Waals surface area contributed by atoms with Gasteiger partial charge < -0.3 is 0 Å². The molecule has 0 atom stereocenters. The summed E-state index contributed by atoms with van der Waals surface area (Å²) in [6, 6.07) is 12.4. The first-order chi connectivity index (χ1) is 7.70. The van der Waals surface area contributed by atoms with Gasteiger partial charge in [-0.2, -0.15) is 5.26 Å². The minimum atomic E-state index is 0.415. The molecular formula is C12H6Cl2N2. The highest BCUT2D eigenvalue weighted by atomic mass is 35.5. The number of benzene rings is 1. The third kappa shape index (κ3) is 2.16. The van der Waals surface area contributed by atoms with Crippen molar-refractivity contribution in [1.29, 1.82) is 5.26 Å². The summed E-state index contributed by atoms with van der Waals surface area (Å²) in [6.07, 6.45) is 0. The number of pyridine rings is 1. The van der Waals surface area contributed by atoms with Gasteiger partial charge in [-0.1, -0.05) is 29.3 Å². The Morgan fingerprint density at radius 3 is 2.56 bits per heavy atom. The number of rotatable bonds is 1. The van der Waals surface area contributed by atoms with Gasteiger partial charge in [0.25, 0.3) is 0 Å². The highest BCUT2D eigenvalue weighted by molar-refractivity contribution is 6.33. The van der Waals surface area contributed by atoms with E-state index in [0.717, 1.165) is 5.56 Å². The number of hydrogen-bond acceptors (Lipinski definition) is 2. The van der Waals surface area contributed by atoms with Gasteiger partial charge in [0.15, 0.2) is 0 Å². The van der Waals surface area contributed by atoms with E-state index < -0.39 is 0 Å². The topological polar surface area (TPSA) is 36.7 Å². The highest BCUT2D eigenvalue weighted by Crippen LogP contribution is 2.27. The Labute approximate surface area is 103 Å². The van der Waals surface area contributed by atoms with Crippen LogP contribution in [-0.2, 0) is 0 Å². The lowest BCUT2D eigenvalue weighted by Crippen LogP contribution is -1.85. The van der Waals surface area contributed by atoms with Crippen LogP contribution in [0.5, 0.6) is 0 Å². The van der Waals surface area contributed by atoms with E-state index in [9.17, 15) is 0 Å². The van der Waals surface area contributed by atoms with Crippen LogP contribution < -0.4 is 0 Å². The minimum Gasteiger partial charge on any atom is -0.236 e. The summed E-state index contributed by atoms with van der Waals surface area (Å²) in [4.78, 5) is 4.16. The predicted molar refractivity (Wildman–Crippen MR) is 64.4 cm³/mol. The third-order valence-electron chi connectivity index (χ3n) is 2.09. The first kappa shape index (κ1) is 10.9. The molecule has 0 fully saturated rings. The van der Waals surface area contributed by atoms with Crippen LogP contribution in [0.4, 0.5) is 0 Å². The van der Waals surface area contributed by atoms with E-state index in [1.807, 2.05) is 12.1 Å². The molecule has 2 rings (SSSR count). The molecule has 0 N–H and O–H groups in total. The van der Waals surface area contributed by atoms with Gasteiger partial charge in [0, 0.05) is 5.56 Å². The molecule has 16 heavy (non-hydrogen) atoms. The summed E-state index contributed by atoms with van der Waals surface area (Å²) in [7, 11) is 0. The lowest BCUT2D eigenvalue weighted by molar-refractivity contribution is 1.32. The second-order valence-electron chi connectivity index (χ2n) is 3.15. The maximum Gasteiger partial charge on any atom is 0.129 e. The Balaban J connectivity index is 2.53. The van der Waals surface area contributed by atoms with Crippen LogP contribution in [0.25, 0.3) is 11.3 Å². The van der Waals surface area contributed by atoms with Crippen molar-refractivity contribution in [2.45, 2.75) is 0 Å². The molecule has 0 bridgehead atoms. The molecule has 0 aliphatic carbocycles. The number of nitriles is 1. The van der Waals surface area contributed by atoms with Crippen molar-refractivity contribution < 1.29 is 0 Å². The number of nitrogens with zero attached hydrogens (tertiary/aromatic N) is 2. The smallest absolute Gasteiger partial charge is 0.129 e. The molecule has 0 saturated carbocycles. The van der Waals surface area contributed by atoms with E-state index in [-0.39, 0.29) is 0 Å². The quantitative estimate of drug-likeness (QED) is 0.718. The molecule has 2 aromatic rings. The molecule has 2 nitrogen and oxygen atoms in total. The van der Waals surface area contributed by atoms with Crippen LogP contribution in [0.15, 0.2) is 36.4 Å². The Kier molecular flexibility index (Phi) is 3.09. The summed E-state index contributed by atoms with van der Waals surface area (Å²) in [6.45, 7) is 0. The molecule has 0 aliphatic rings. The zero-order chi connectivity index (χ0) is 11.5. The van der Waals surface area contributed by atoms with Crippen LogP contribution in [0.1, 0.15) is 5.56 Å². The average Bonchev–Trinajstić information content (AvgIpc) is 2.28. The molecule has 1 aromatic carbocycles. The Hall–Kier alpha value is -1.56. The van der Waals surface area contributed by atoms with Crippen LogP contribution in [0, 0.1) is 11.3 Å². The SMILES string of the molecule is N#Cc1ccc(-c2cccc(Cl)n2)c(Cl)c1.